The number of rotatable bonds is 11. The smallest absolute Gasteiger partial charge is 0.269 e. The molecule has 2 fully saturated rings. The molecule has 0 aromatic heterocycles. The Hall–Kier alpha value is -0.380. The van der Waals surface area contributed by atoms with Crippen LogP contribution in [0.1, 0.15) is 48.0 Å². The Bertz CT molecular complexity index is 564. The van der Waals surface area contributed by atoms with E-state index in [2.05, 4.69) is 37.9 Å². The monoisotopic (exact) mass is 463 g/mol. The highest BCUT2D eigenvalue weighted by molar-refractivity contribution is 4.96. The summed E-state index contributed by atoms with van der Waals surface area (Å²) in [5.74, 6) is -3.38. The molecule has 6 nitrogen and oxygen atoms in total. The zero-order valence-electron chi connectivity index (χ0n) is 21.9. The molecule has 1 unspecified atom stereocenters. The van der Waals surface area contributed by atoms with E-state index in [1.54, 1.807) is 0 Å². The van der Waals surface area contributed by atoms with Gasteiger partial charge in [-0.3, -0.25) is 9.80 Å². The summed E-state index contributed by atoms with van der Waals surface area (Å²) in [5.41, 5.74) is -0.576. The molecule has 0 spiro atoms. The number of likely N-dealkylation sites (tertiary alicyclic amines) is 1. The first-order valence-corrected chi connectivity index (χ1v) is 12.4. The third-order valence-corrected chi connectivity index (χ3v) is 7.71. The van der Waals surface area contributed by atoms with E-state index >= 15 is 8.78 Å². The van der Waals surface area contributed by atoms with Crippen LogP contribution in [0.2, 0.25) is 0 Å². The second kappa shape index (κ2) is 11.4. The molecule has 0 amide bonds. The molecule has 2 saturated heterocycles. The molecule has 2 aliphatic rings. The molecule has 0 aliphatic carbocycles. The van der Waals surface area contributed by atoms with Crippen molar-refractivity contribution in [2.45, 2.75) is 71.6 Å². The van der Waals surface area contributed by atoms with Gasteiger partial charge in [0.15, 0.2) is 0 Å². The minimum atomic E-state index is -2.72. The van der Waals surface area contributed by atoms with Gasteiger partial charge in [0.25, 0.3) is 5.92 Å². The molecule has 2 aliphatic heterocycles. The number of alkyl halides is 2. The molecule has 0 aromatic carbocycles. The average Bonchev–Trinajstić information content (AvgIpc) is 2.66. The molecule has 8 heteroatoms. The third kappa shape index (κ3) is 7.06. The molecular weight excluding hydrogens is 414 g/mol. The van der Waals surface area contributed by atoms with Crippen LogP contribution in [0.25, 0.3) is 0 Å². The summed E-state index contributed by atoms with van der Waals surface area (Å²) < 4.78 is 42.6. The fraction of sp³-hybridized carbons (Fsp3) is 1.00. The van der Waals surface area contributed by atoms with E-state index in [1.165, 1.54) is 0 Å². The van der Waals surface area contributed by atoms with Crippen molar-refractivity contribution >= 4 is 0 Å². The first-order valence-electron chi connectivity index (χ1n) is 12.4. The first-order chi connectivity index (χ1) is 14.8. The fourth-order valence-corrected chi connectivity index (χ4v) is 5.11. The molecule has 0 N–H and O–H groups in total. The van der Waals surface area contributed by atoms with Crippen molar-refractivity contribution in [1.29, 1.82) is 0 Å². The highest BCUT2D eigenvalue weighted by Gasteiger charge is 2.59. The largest absolute Gasteiger partial charge is 0.377 e. The van der Waals surface area contributed by atoms with Crippen LogP contribution >= 0.6 is 0 Å². The Morgan fingerprint density at radius 2 is 1.38 bits per heavy atom. The lowest BCUT2D eigenvalue weighted by Crippen LogP contribution is -2.73. The second-order valence-corrected chi connectivity index (χ2v) is 11.1. The summed E-state index contributed by atoms with van der Waals surface area (Å²) >= 11 is 0. The third-order valence-electron chi connectivity index (χ3n) is 7.71. The Kier molecular flexibility index (Phi) is 9.89. The number of hydrogen-bond acceptors (Lipinski definition) is 5. The van der Waals surface area contributed by atoms with Crippen LogP contribution in [0.15, 0.2) is 0 Å². The number of ether oxygens (including phenoxy) is 2. The van der Waals surface area contributed by atoms with E-state index in [9.17, 15) is 0 Å². The zero-order chi connectivity index (χ0) is 24.2. The van der Waals surface area contributed by atoms with Crippen molar-refractivity contribution in [3.8, 4) is 0 Å². The lowest BCUT2D eigenvalue weighted by Gasteiger charge is -2.57. The minimum Gasteiger partial charge on any atom is -0.377 e. The lowest BCUT2D eigenvalue weighted by molar-refractivity contribution is -1.05. The molecule has 1 atom stereocenters. The molecular formula is C24H49F2N4O2+. The van der Waals surface area contributed by atoms with Crippen molar-refractivity contribution in [3.63, 3.8) is 0 Å². The summed E-state index contributed by atoms with van der Waals surface area (Å²) in [6.45, 7) is 19.1. The number of piperidine rings is 1. The van der Waals surface area contributed by atoms with E-state index in [-0.39, 0.29) is 18.8 Å². The van der Waals surface area contributed by atoms with Crippen LogP contribution in [-0.4, -0.2) is 123 Å². The first kappa shape index (κ1) is 27.9. The predicted molar refractivity (Wildman–Crippen MR) is 126 cm³/mol. The second-order valence-electron chi connectivity index (χ2n) is 11.1. The van der Waals surface area contributed by atoms with Gasteiger partial charge in [-0.1, -0.05) is 0 Å². The van der Waals surface area contributed by atoms with E-state index in [1.807, 2.05) is 32.6 Å². The van der Waals surface area contributed by atoms with Crippen molar-refractivity contribution in [2.75, 3.05) is 79.7 Å². The molecule has 0 radical (unpaired) electrons. The van der Waals surface area contributed by atoms with Gasteiger partial charge in [0.1, 0.15) is 5.54 Å². The Morgan fingerprint density at radius 1 is 0.875 bits per heavy atom. The molecule has 2 rings (SSSR count). The Morgan fingerprint density at radius 3 is 1.84 bits per heavy atom. The molecule has 2 heterocycles. The van der Waals surface area contributed by atoms with Gasteiger partial charge in [-0.15, -0.1) is 0 Å². The highest BCUT2D eigenvalue weighted by Crippen LogP contribution is 2.44. The highest BCUT2D eigenvalue weighted by atomic mass is 19.3. The summed E-state index contributed by atoms with van der Waals surface area (Å²) in [5, 5.41) is 2.37. The normalized spacial score (nSPS) is 24.6. The van der Waals surface area contributed by atoms with Gasteiger partial charge in [-0.05, 0) is 54.5 Å². The number of halogens is 2. The SMILES string of the molecule is CC(C)OCCN1CCN([N+](C)(C)C(C)(C)C2CCN(CCOC(C)C)CC2(F)F)CC1. The van der Waals surface area contributed by atoms with Gasteiger partial charge in [0.05, 0.1) is 65.1 Å². The van der Waals surface area contributed by atoms with Crippen molar-refractivity contribution in [3.05, 3.63) is 0 Å². The predicted octanol–water partition coefficient (Wildman–Crippen LogP) is 3.18. The number of hydrogen-bond donors (Lipinski definition) is 0. The maximum atomic E-state index is 15.4. The fourth-order valence-electron chi connectivity index (χ4n) is 5.11. The van der Waals surface area contributed by atoms with E-state index < -0.39 is 17.4 Å². The quantitative estimate of drug-likeness (QED) is 0.439. The molecule has 0 aromatic rings. The topological polar surface area (TPSA) is 28.2 Å². The van der Waals surface area contributed by atoms with Gasteiger partial charge >= 0.3 is 0 Å². The maximum Gasteiger partial charge on any atom is 0.269 e. The van der Waals surface area contributed by atoms with Gasteiger partial charge in [-0.25, -0.2) is 13.4 Å². The molecule has 0 saturated carbocycles. The van der Waals surface area contributed by atoms with Gasteiger partial charge < -0.3 is 9.47 Å². The average molecular weight is 464 g/mol. The number of nitrogens with zero attached hydrogens (tertiary/aromatic N) is 4. The van der Waals surface area contributed by atoms with E-state index in [0.29, 0.717) is 30.7 Å². The zero-order valence-corrected chi connectivity index (χ0v) is 21.9. The Labute approximate surface area is 195 Å². The van der Waals surface area contributed by atoms with Crippen LogP contribution < -0.4 is 0 Å². The molecule has 32 heavy (non-hydrogen) atoms. The van der Waals surface area contributed by atoms with Crippen LogP contribution in [0.5, 0.6) is 0 Å². The summed E-state index contributed by atoms with van der Waals surface area (Å²) in [6, 6.07) is 0. The van der Waals surface area contributed by atoms with Crippen LogP contribution in [-0.2, 0) is 9.47 Å². The van der Waals surface area contributed by atoms with Gasteiger partial charge in [0, 0.05) is 26.2 Å². The van der Waals surface area contributed by atoms with Crippen LogP contribution in [0, 0.1) is 5.92 Å². The van der Waals surface area contributed by atoms with Gasteiger partial charge in [-0.2, -0.15) is 5.01 Å². The lowest BCUT2D eigenvalue weighted by atomic mass is 9.76. The summed E-state index contributed by atoms with van der Waals surface area (Å²) in [6.07, 6.45) is 0.896. The van der Waals surface area contributed by atoms with E-state index in [0.717, 1.165) is 39.3 Å². The van der Waals surface area contributed by atoms with Gasteiger partial charge in [0.2, 0.25) is 0 Å². The summed E-state index contributed by atoms with van der Waals surface area (Å²) in [4.78, 5) is 4.28. The number of piperazine rings is 1. The van der Waals surface area contributed by atoms with Crippen LogP contribution in [0.3, 0.4) is 0 Å². The molecule has 190 valence electrons. The van der Waals surface area contributed by atoms with Crippen molar-refractivity contribution < 1.29 is 22.8 Å². The number of quaternary nitrogens is 1. The minimum absolute atomic E-state index is 0.133. The molecule has 0 bridgehead atoms. The van der Waals surface area contributed by atoms with Crippen molar-refractivity contribution in [2.24, 2.45) is 5.92 Å². The Balaban J connectivity index is 1.94. The standard InChI is InChI=1S/C24H49F2N4O2/c1-20(2)31-17-15-27-11-13-29(14-12-27)30(7,8)23(5,6)22-9-10-28(19-24(22,25)26)16-18-32-21(3)4/h20-22H,9-19H2,1-8H3/q+1. The van der Waals surface area contributed by atoms with E-state index in [4.69, 9.17) is 9.47 Å². The summed E-state index contributed by atoms with van der Waals surface area (Å²) in [7, 11) is 4.22. The van der Waals surface area contributed by atoms with Crippen molar-refractivity contribution in [1.82, 2.24) is 14.8 Å². The van der Waals surface area contributed by atoms with Crippen LogP contribution in [0.4, 0.5) is 8.78 Å². The maximum absolute atomic E-state index is 15.4.